The number of rotatable bonds is 5. The smallest absolute Gasteiger partial charge is 0.267 e. The third kappa shape index (κ3) is 2.81. The molecule has 7 heteroatoms. The molecule has 2 aliphatic rings. The van der Waals surface area contributed by atoms with E-state index >= 15 is 0 Å². The zero-order valence-corrected chi connectivity index (χ0v) is 14.9. The van der Waals surface area contributed by atoms with E-state index in [1.165, 1.54) is 6.42 Å². The van der Waals surface area contributed by atoms with E-state index in [0.29, 0.717) is 17.5 Å². The fraction of sp³-hybridized carbons (Fsp3) is 0.526. The summed E-state index contributed by atoms with van der Waals surface area (Å²) in [7, 11) is 1.78. The first-order valence-corrected chi connectivity index (χ1v) is 9.07. The summed E-state index contributed by atoms with van der Waals surface area (Å²) in [6.45, 7) is 2.59. The zero-order valence-electron chi connectivity index (χ0n) is 14.9. The van der Waals surface area contributed by atoms with Gasteiger partial charge in [0.15, 0.2) is 5.76 Å². The van der Waals surface area contributed by atoms with Gasteiger partial charge in [-0.3, -0.25) is 14.7 Å². The molecule has 138 valence electrons. The van der Waals surface area contributed by atoms with E-state index in [-0.39, 0.29) is 0 Å². The van der Waals surface area contributed by atoms with Gasteiger partial charge < -0.3 is 15.0 Å². The molecular formula is C19H24N4O3. The fourth-order valence-corrected chi connectivity index (χ4v) is 4.93. The van der Waals surface area contributed by atoms with Crippen molar-refractivity contribution in [3.05, 3.63) is 47.6 Å². The summed E-state index contributed by atoms with van der Waals surface area (Å²) in [6.07, 6.45) is 6.72. The standard InChI is InChI=1S/C19H24N4O3/c1-25-19(13-5-7-21-17(9-13)18(20)24)14-3-2-4-15(19)11-23(10-14)12-16-6-8-22-26-16/h5-9,14-15H,2-4,10-12H2,1H3,(H2,20,24)/t14-,15+,19?. The molecule has 26 heavy (non-hydrogen) atoms. The lowest BCUT2D eigenvalue weighted by Gasteiger charge is -2.55. The van der Waals surface area contributed by atoms with E-state index in [4.69, 9.17) is 15.0 Å². The number of carbonyl (C=O) groups excluding carboxylic acids is 1. The Balaban J connectivity index is 1.66. The van der Waals surface area contributed by atoms with E-state index < -0.39 is 11.5 Å². The first-order chi connectivity index (χ1) is 12.6. The first-order valence-electron chi connectivity index (χ1n) is 9.07. The largest absolute Gasteiger partial charge is 0.373 e. The Kier molecular flexibility index (Phi) is 4.50. The molecule has 1 aliphatic heterocycles. The summed E-state index contributed by atoms with van der Waals surface area (Å²) >= 11 is 0. The molecule has 2 bridgehead atoms. The molecule has 1 aliphatic carbocycles. The molecule has 7 nitrogen and oxygen atoms in total. The molecule has 0 aromatic carbocycles. The Morgan fingerprint density at radius 3 is 2.73 bits per heavy atom. The number of primary amides is 1. The third-order valence-electron chi connectivity index (χ3n) is 5.95. The van der Waals surface area contributed by atoms with Crippen molar-refractivity contribution in [2.75, 3.05) is 20.2 Å². The van der Waals surface area contributed by atoms with Crippen molar-refractivity contribution in [2.45, 2.75) is 31.4 Å². The predicted octanol–water partition coefficient (Wildman–Crippen LogP) is 1.94. The van der Waals surface area contributed by atoms with Crippen LogP contribution in [0.1, 0.15) is 41.1 Å². The summed E-state index contributed by atoms with van der Waals surface area (Å²) < 4.78 is 11.5. The van der Waals surface area contributed by atoms with Gasteiger partial charge in [0.05, 0.1) is 12.7 Å². The molecule has 2 N–H and O–H groups in total. The van der Waals surface area contributed by atoms with Gasteiger partial charge in [-0.15, -0.1) is 0 Å². The molecule has 0 spiro atoms. The molecule has 1 saturated carbocycles. The molecule has 0 radical (unpaired) electrons. The van der Waals surface area contributed by atoms with Crippen molar-refractivity contribution in [2.24, 2.45) is 17.6 Å². The normalized spacial score (nSPS) is 28.8. The van der Waals surface area contributed by atoms with Gasteiger partial charge >= 0.3 is 0 Å². The number of pyridine rings is 1. The van der Waals surface area contributed by atoms with Gasteiger partial charge in [-0.25, -0.2) is 0 Å². The maximum atomic E-state index is 11.6. The van der Waals surface area contributed by atoms with Crippen molar-refractivity contribution in [3.8, 4) is 0 Å². The highest BCUT2D eigenvalue weighted by molar-refractivity contribution is 5.90. The van der Waals surface area contributed by atoms with Crippen LogP contribution in [-0.4, -0.2) is 41.1 Å². The number of nitrogens with two attached hydrogens (primary N) is 1. The van der Waals surface area contributed by atoms with Crippen molar-refractivity contribution in [3.63, 3.8) is 0 Å². The number of likely N-dealkylation sites (tertiary alicyclic amines) is 1. The van der Waals surface area contributed by atoms with E-state index in [0.717, 1.165) is 43.8 Å². The van der Waals surface area contributed by atoms with Crippen LogP contribution in [0.15, 0.2) is 35.1 Å². The van der Waals surface area contributed by atoms with Crippen LogP contribution in [-0.2, 0) is 16.9 Å². The van der Waals surface area contributed by atoms with Crippen LogP contribution in [0.3, 0.4) is 0 Å². The SMILES string of the molecule is COC1(c2ccnc(C(N)=O)c2)[C@@H]2CCC[C@H]1CN(Cc1ccno1)C2. The first kappa shape index (κ1) is 17.2. The number of carbonyl (C=O) groups is 1. The highest BCUT2D eigenvalue weighted by atomic mass is 16.5. The minimum Gasteiger partial charge on any atom is -0.373 e. The average molecular weight is 356 g/mol. The molecule has 2 aromatic rings. The predicted molar refractivity (Wildman–Crippen MR) is 94.1 cm³/mol. The van der Waals surface area contributed by atoms with Gasteiger partial charge in [-0.1, -0.05) is 11.6 Å². The Morgan fingerprint density at radius 1 is 1.35 bits per heavy atom. The highest BCUT2D eigenvalue weighted by Gasteiger charge is 2.53. The Morgan fingerprint density at radius 2 is 2.12 bits per heavy atom. The minimum absolute atomic E-state index is 0.293. The number of methoxy groups -OCH3 is 1. The lowest BCUT2D eigenvalue weighted by atomic mass is 9.62. The van der Waals surface area contributed by atoms with Gasteiger partial charge in [0.2, 0.25) is 0 Å². The number of aromatic nitrogens is 2. The van der Waals surface area contributed by atoms with Crippen LogP contribution in [0.4, 0.5) is 0 Å². The Hall–Kier alpha value is -2.25. The zero-order chi connectivity index (χ0) is 18.1. The molecule has 1 unspecified atom stereocenters. The van der Waals surface area contributed by atoms with Gasteiger partial charge in [0, 0.05) is 44.3 Å². The summed E-state index contributed by atoms with van der Waals surface area (Å²) in [5.41, 5.74) is 6.35. The second kappa shape index (κ2) is 6.81. The number of fused-ring (bicyclic) bond motifs is 2. The van der Waals surface area contributed by atoms with Crippen molar-refractivity contribution >= 4 is 5.91 Å². The second-order valence-electron chi connectivity index (χ2n) is 7.29. The molecule has 3 atom stereocenters. The van der Waals surface area contributed by atoms with E-state index in [1.54, 1.807) is 19.5 Å². The van der Waals surface area contributed by atoms with Crippen molar-refractivity contribution in [1.29, 1.82) is 0 Å². The van der Waals surface area contributed by atoms with Crippen LogP contribution in [0.5, 0.6) is 0 Å². The van der Waals surface area contributed by atoms with Crippen LogP contribution >= 0.6 is 0 Å². The van der Waals surface area contributed by atoms with Gasteiger partial charge in [0.25, 0.3) is 5.91 Å². The molecule has 4 rings (SSSR count). The summed E-state index contributed by atoms with van der Waals surface area (Å²) in [5, 5.41) is 3.80. The summed E-state index contributed by atoms with van der Waals surface area (Å²) in [5.74, 6) is 1.05. The molecular weight excluding hydrogens is 332 g/mol. The maximum Gasteiger partial charge on any atom is 0.267 e. The number of nitrogens with zero attached hydrogens (tertiary/aromatic N) is 3. The average Bonchev–Trinajstić information content (AvgIpc) is 3.14. The van der Waals surface area contributed by atoms with Crippen molar-refractivity contribution in [1.82, 2.24) is 15.0 Å². The maximum absolute atomic E-state index is 11.6. The minimum atomic E-state index is -0.508. The summed E-state index contributed by atoms with van der Waals surface area (Å²) in [4.78, 5) is 18.1. The van der Waals surface area contributed by atoms with E-state index in [9.17, 15) is 4.79 Å². The molecule has 1 amide bonds. The monoisotopic (exact) mass is 356 g/mol. The van der Waals surface area contributed by atoms with E-state index in [2.05, 4.69) is 15.0 Å². The molecule has 3 heterocycles. The van der Waals surface area contributed by atoms with Crippen molar-refractivity contribution < 1.29 is 14.1 Å². The number of hydrogen-bond donors (Lipinski definition) is 1. The topological polar surface area (TPSA) is 94.5 Å². The van der Waals surface area contributed by atoms with Gasteiger partial charge in [0.1, 0.15) is 11.3 Å². The quantitative estimate of drug-likeness (QED) is 0.880. The number of hydrogen-bond acceptors (Lipinski definition) is 6. The fourth-order valence-electron chi connectivity index (χ4n) is 4.93. The Labute approximate surface area is 152 Å². The second-order valence-corrected chi connectivity index (χ2v) is 7.29. The number of piperidine rings is 1. The molecule has 1 saturated heterocycles. The number of amides is 1. The lowest BCUT2D eigenvalue weighted by molar-refractivity contribution is -0.170. The van der Waals surface area contributed by atoms with Crippen LogP contribution in [0.25, 0.3) is 0 Å². The van der Waals surface area contributed by atoms with Crippen LogP contribution < -0.4 is 5.73 Å². The lowest BCUT2D eigenvalue weighted by Crippen LogP contribution is -2.58. The van der Waals surface area contributed by atoms with Crippen LogP contribution in [0.2, 0.25) is 0 Å². The molecule has 2 aromatic heterocycles. The van der Waals surface area contributed by atoms with E-state index in [1.807, 2.05) is 18.2 Å². The van der Waals surface area contributed by atoms with Gasteiger partial charge in [-0.05, 0) is 30.5 Å². The highest BCUT2D eigenvalue weighted by Crippen LogP contribution is 2.51. The summed E-state index contributed by atoms with van der Waals surface area (Å²) in [6, 6.07) is 5.69. The Bertz CT molecular complexity index is 763. The molecule has 2 fully saturated rings. The van der Waals surface area contributed by atoms with Crippen LogP contribution in [0, 0.1) is 11.8 Å². The van der Waals surface area contributed by atoms with Gasteiger partial charge in [-0.2, -0.15) is 0 Å². The number of ether oxygens (including phenoxy) is 1. The third-order valence-corrected chi connectivity index (χ3v) is 5.95.